The van der Waals surface area contributed by atoms with Crippen LogP contribution in [0.25, 0.3) is 0 Å². The highest BCUT2D eigenvalue weighted by atomic mass is 127. The first-order chi connectivity index (χ1) is 8.33. The van der Waals surface area contributed by atoms with E-state index in [1.165, 1.54) is 0 Å². The van der Waals surface area contributed by atoms with E-state index in [2.05, 4.69) is 16.9 Å². The van der Waals surface area contributed by atoms with Gasteiger partial charge in [0.25, 0.3) is 0 Å². The fraction of sp³-hybridized carbons (Fsp3) is 0.750. The maximum Gasteiger partial charge on any atom is 0.188 e. The summed E-state index contributed by atoms with van der Waals surface area (Å²) in [5.74, 6) is 0.466. The lowest BCUT2D eigenvalue weighted by atomic mass is 10.2. The Balaban J connectivity index is 0.00000289. The van der Waals surface area contributed by atoms with Gasteiger partial charge in [0.15, 0.2) is 5.96 Å². The molecular weight excluding hydrogens is 345 g/mol. The van der Waals surface area contributed by atoms with Crippen molar-refractivity contribution in [2.45, 2.75) is 25.4 Å². The zero-order chi connectivity index (χ0) is 12.3. The first-order valence-corrected chi connectivity index (χ1v) is 6.17. The van der Waals surface area contributed by atoms with Gasteiger partial charge < -0.3 is 20.5 Å². The van der Waals surface area contributed by atoms with Gasteiger partial charge in [-0.1, -0.05) is 6.08 Å². The summed E-state index contributed by atoms with van der Waals surface area (Å²) in [6, 6.07) is 0. The second-order valence-corrected chi connectivity index (χ2v) is 3.98. The molecule has 18 heavy (non-hydrogen) atoms. The second-order valence-electron chi connectivity index (χ2n) is 3.98. The molecule has 1 unspecified atom stereocenters. The molecule has 1 fully saturated rings. The quantitative estimate of drug-likeness (QED) is 0.222. The second kappa shape index (κ2) is 11.7. The van der Waals surface area contributed by atoms with Crippen LogP contribution in [0.2, 0.25) is 0 Å². The third-order valence-corrected chi connectivity index (χ3v) is 2.51. The minimum Gasteiger partial charge on any atom is -0.379 e. The molecule has 0 radical (unpaired) electrons. The fourth-order valence-electron chi connectivity index (χ4n) is 1.56. The molecular formula is C12H24IN3O2. The molecule has 0 amide bonds. The summed E-state index contributed by atoms with van der Waals surface area (Å²) in [7, 11) is 0. The van der Waals surface area contributed by atoms with E-state index in [0.29, 0.717) is 32.3 Å². The van der Waals surface area contributed by atoms with Gasteiger partial charge in [-0.2, -0.15) is 0 Å². The average Bonchev–Trinajstić information content (AvgIpc) is 2.84. The third kappa shape index (κ3) is 8.71. The highest BCUT2D eigenvalue weighted by Crippen LogP contribution is 2.11. The van der Waals surface area contributed by atoms with Crippen LogP contribution in [0.15, 0.2) is 17.6 Å². The molecule has 1 aliphatic heterocycles. The van der Waals surface area contributed by atoms with Gasteiger partial charge in [0, 0.05) is 13.2 Å². The fourth-order valence-corrected chi connectivity index (χ4v) is 1.56. The maximum atomic E-state index is 5.70. The van der Waals surface area contributed by atoms with Crippen LogP contribution in [0.1, 0.15) is 19.3 Å². The number of nitrogens with zero attached hydrogens (tertiary/aromatic N) is 1. The SMILES string of the molecule is C=CCCOCCNC(N)=NCC1CCCO1.I. The summed E-state index contributed by atoms with van der Waals surface area (Å²) in [5.41, 5.74) is 5.70. The Bertz CT molecular complexity index is 243. The van der Waals surface area contributed by atoms with E-state index in [9.17, 15) is 0 Å². The van der Waals surface area contributed by atoms with Crippen molar-refractivity contribution in [1.29, 1.82) is 0 Å². The summed E-state index contributed by atoms with van der Waals surface area (Å²) in [6.45, 7) is 7.14. The van der Waals surface area contributed by atoms with Crippen molar-refractivity contribution >= 4 is 29.9 Å². The minimum atomic E-state index is 0. The molecule has 3 N–H and O–H groups in total. The molecule has 0 aromatic carbocycles. The largest absolute Gasteiger partial charge is 0.379 e. The van der Waals surface area contributed by atoms with E-state index in [-0.39, 0.29) is 30.1 Å². The Morgan fingerprint density at radius 3 is 3.06 bits per heavy atom. The molecule has 1 saturated heterocycles. The molecule has 6 heteroatoms. The normalized spacial score (nSPS) is 19.3. The van der Waals surface area contributed by atoms with Crippen LogP contribution in [0.5, 0.6) is 0 Å². The maximum absolute atomic E-state index is 5.70. The van der Waals surface area contributed by atoms with E-state index < -0.39 is 0 Å². The van der Waals surface area contributed by atoms with E-state index in [1.54, 1.807) is 0 Å². The monoisotopic (exact) mass is 369 g/mol. The average molecular weight is 369 g/mol. The van der Waals surface area contributed by atoms with E-state index in [0.717, 1.165) is 25.9 Å². The molecule has 1 atom stereocenters. The Morgan fingerprint density at radius 1 is 1.56 bits per heavy atom. The first-order valence-electron chi connectivity index (χ1n) is 6.17. The van der Waals surface area contributed by atoms with Crippen molar-refractivity contribution in [1.82, 2.24) is 5.32 Å². The van der Waals surface area contributed by atoms with Crippen LogP contribution in [0.4, 0.5) is 0 Å². The molecule has 1 aliphatic rings. The van der Waals surface area contributed by atoms with Crippen LogP contribution >= 0.6 is 24.0 Å². The highest BCUT2D eigenvalue weighted by molar-refractivity contribution is 14.0. The van der Waals surface area contributed by atoms with Gasteiger partial charge in [-0.05, 0) is 19.3 Å². The predicted molar refractivity (Wildman–Crippen MR) is 84.5 cm³/mol. The summed E-state index contributed by atoms with van der Waals surface area (Å²) >= 11 is 0. The summed E-state index contributed by atoms with van der Waals surface area (Å²) < 4.78 is 10.8. The molecule has 106 valence electrons. The molecule has 5 nitrogen and oxygen atoms in total. The zero-order valence-corrected chi connectivity index (χ0v) is 13.1. The minimum absolute atomic E-state index is 0. The van der Waals surface area contributed by atoms with Gasteiger partial charge >= 0.3 is 0 Å². The van der Waals surface area contributed by atoms with Gasteiger partial charge in [-0.3, -0.25) is 4.99 Å². The lowest BCUT2D eigenvalue weighted by molar-refractivity contribution is 0.117. The van der Waals surface area contributed by atoms with Crippen LogP contribution in [0, 0.1) is 0 Å². The molecule has 0 saturated carbocycles. The van der Waals surface area contributed by atoms with E-state index in [4.69, 9.17) is 15.2 Å². The highest BCUT2D eigenvalue weighted by Gasteiger charge is 2.14. The van der Waals surface area contributed by atoms with E-state index in [1.807, 2.05) is 6.08 Å². The van der Waals surface area contributed by atoms with Crippen molar-refractivity contribution in [3.05, 3.63) is 12.7 Å². The lowest BCUT2D eigenvalue weighted by Crippen LogP contribution is -2.35. The Labute approximate surface area is 126 Å². The molecule has 1 rings (SSSR count). The van der Waals surface area contributed by atoms with Crippen molar-refractivity contribution < 1.29 is 9.47 Å². The van der Waals surface area contributed by atoms with Crippen LogP contribution < -0.4 is 11.1 Å². The lowest BCUT2D eigenvalue weighted by Gasteiger charge is -2.08. The van der Waals surface area contributed by atoms with E-state index >= 15 is 0 Å². The van der Waals surface area contributed by atoms with Gasteiger partial charge in [-0.15, -0.1) is 30.6 Å². The molecule has 0 aromatic heterocycles. The number of aliphatic imine (C=N–C) groups is 1. The molecule has 0 aromatic rings. The topological polar surface area (TPSA) is 68.9 Å². The number of ether oxygens (including phenoxy) is 2. The molecule has 0 bridgehead atoms. The van der Waals surface area contributed by atoms with Gasteiger partial charge in [-0.25, -0.2) is 0 Å². The van der Waals surface area contributed by atoms with Gasteiger partial charge in [0.1, 0.15) is 0 Å². The zero-order valence-electron chi connectivity index (χ0n) is 10.8. The van der Waals surface area contributed by atoms with Crippen molar-refractivity contribution in [3.63, 3.8) is 0 Å². The Hall–Kier alpha value is -0.340. The smallest absolute Gasteiger partial charge is 0.188 e. The van der Waals surface area contributed by atoms with Crippen LogP contribution in [-0.2, 0) is 9.47 Å². The summed E-state index contributed by atoms with van der Waals surface area (Å²) in [4.78, 5) is 4.23. The molecule has 0 spiro atoms. The number of nitrogens with one attached hydrogen (secondary N) is 1. The Kier molecular flexibility index (Phi) is 11.5. The predicted octanol–water partition coefficient (Wildman–Crippen LogP) is 1.28. The third-order valence-electron chi connectivity index (χ3n) is 2.51. The number of hydrogen-bond acceptors (Lipinski definition) is 3. The summed E-state index contributed by atoms with van der Waals surface area (Å²) in [6.07, 6.45) is 5.18. The van der Waals surface area contributed by atoms with Crippen LogP contribution in [-0.4, -0.2) is 45.0 Å². The van der Waals surface area contributed by atoms with Crippen molar-refractivity contribution in [3.8, 4) is 0 Å². The van der Waals surface area contributed by atoms with Crippen LogP contribution in [0.3, 0.4) is 0 Å². The number of nitrogens with two attached hydrogens (primary N) is 1. The van der Waals surface area contributed by atoms with Crippen molar-refractivity contribution in [2.75, 3.05) is 32.9 Å². The van der Waals surface area contributed by atoms with Crippen molar-refractivity contribution in [2.24, 2.45) is 10.7 Å². The summed E-state index contributed by atoms with van der Waals surface area (Å²) in [5, 5.41) is 3.00. The number of hydrogen-bond donors (Lipinski definition) is 2. The number of guanidine groups is 1. The number of rotatable bonds is 8. The number of halogens is 1. The first kappa shape index (κ1) is 17.7. The van der Waals surface area contributed by atoms with Gasteiger partial charge in [0.05, 0.1) is 25.9 Å². The standard InChI is InChI=1S/C12H23N3O2.HI/c1-2-3-7-16-9-6-14-12(13)15-10-11-5-4-8-17-11;/h2,11H,1,3-10H2,(H3,13,14,15);1H. The van der Waals surface area contributed by atoms with Gasteiger partial charge in [0.2, 0.25) is 0 Å². The Morgan fingerprint density at radius 2 is 2.39 bits per heavy atom. The molecule has 0 aliphatic carbocycles. The molecule has 1 heterocycles.